The van der Waals surface area contributed by atoms with Gasteiger partial charge in [0.2, 0.25) is 0 Å². The lowest BCUT2D eigenvalue weighted by molar-refractivity contribution is -0.384. The number of nitro benzene ring substituents is 1. The Balaban J connectivity index is 1.73. The smallest absolute Gasteiger partial charge is 0.258 e. The highest BCUT2D eigenvalue weighted by molar-refractivity contribution is 6.24. The van der Waals surface area contributed by atoms with E-state index in [2.05, 4.69) is 54.6 Å². The van der Waals surface area contributed by atoms with Crippen molar-refractivity contribution in [1.29, 1.82) is 5.26 Å². The van der Waals surface area contributed by atoms with Crippen LogP contribution in [0, 0.1) is 21.4 Å². The molecule has 0 spiro atoms. The summed E-state index contributed by atoms with van der Waals surface area (Å²) in [5.41, 5.74) is 2.08. The van der Waals surface area contributed by atoms with Gasteiger partial charge in [-0.25, -0.2) is 0 Å². The van der Waals surface area contributed by atoms with Crippen LogP contribution in [0.3, 0.4) is 0 Å². The molecule has 29 heavy (non-hydrogen) atoms. The predicted molar refractivity (Wildman–Crippen MR) is 117 cm³/mol. The molecule has 0 aliphatic carbocycles. The van der Waals surface area contributed by atoms with Crippen LogP contribution in [0.25, 0.3) is 44.0 Å². The number of rotatable bonds is 3. The Morgan fingerprint density at radius 2 is 1.45 bits per heavy atom. The van der Waals surface area contributed by atoms with Gasteiger partial charge >= 0.3 is 0 Å². The van der Waals surface area contributed by atoms with Crippen molar-refractivity contribution in [2.24, 2.45) is 0 Å². The van der Waals surface area contributed by atoms with Crippen molar-refractivity contribution >= 4 is 49.7 Å². The Kier molecular flexibility index (Phi) is 3.75. The van der Waals surface area contributed by atoms with E-state index in [0.717, 1.165) is 16.3 Å². The molecule has 0 atom stereocenters. The third-order valence-electron chi connectivity index (χ3n) is 5.37. The third kappa shape index (κ3) is 2.69. The number of nitro groups is 1. The summed E-state index contributed by atoms with van der Waals surface area (Å²) in [5.74, 6) is 0. The first-order valence-electron chi connectivity index (χ1n) is 9.19. The van der Waals surface area contributed by atoms with Crippen molar-refractivity contribution in [2.45, 2.75) is 0 Å². The number of nitrogens with zero attached hydrogens (tertiary/aromatic N) is 2. The Morgan fingerprint density at radius 3 is 2.10 bits per heavy atom. The van der Waals surface area contributed by atoms with Crippen LogP contribution in [0.4, 0.5) is 5.69 Å². The molecular weight excluding hydrogens is 360 g/mol. The maximum atomic E-state index is 10.9. The van der Waals surface area contributed by atoms with E-state index in [0.29, 0.717) is 11.1 Å². The molecule has 0 bridgehead atoms. The Bertz CT molecular complexity index is 1460. The molecule has 0 fully saturated rings. The molecule has 136 valence electrons. The Labute approximate surface area is 166 Å². The molecule has 4 heteroatoms. The molecule has 0 amide bonds. The molecule has 0 heterocycles. The number of allylic oxidation sites excluding steroid dienone is 1. The predicted octanol–water partition coefficient (Wildman–Crippen LogP) is 6.56. The van der Waals surface area contributed by atoms with Crippen molar-refractivity contribution in [3.63, 3.8) is 0 Å². The van der Waals surface area contributed by atoms with Gasteiger partial charge < -0.3 is 0 Å². The van der Waals surface area contributed by atoms with Crippen LogP contribution < -0.4 is 0 Å². The summed E-state index contributed by atoms with van der Waals surface area (Å²) in [6.07, 6.45) is 1.85. The second-order valence-corrected chi connectivity index (χ2v) is 6.98. The fourth-order valence-electron chi connectivity index (χ4n) is 3.98. The van der Waals surface area contributed by atoms with E-state index in [1.54, 1.807) is 12.1 Å². The van der Waals surface area contributed by atoms with Crippen LogP contribution in [0.15, 0.2) is 78.9 Å². The minimum Gasteiger partial charge on any atom is -0.258 e. The van der Waals surface area contributed by atoms with Crippen molar-refractivity contribution in [2.75, 3.05) is 0 Å². The summed E-state index contributed by atoms with van der Waals surface area (Å²) < 4.78 is 0. The fourth-order valence-corrected chi connectivity index (χ4v) is 3.98. The van der Waals surface area contributed by atoms with Gasteiger partial charge in [-0.05, 0) is 61.7 Å². The van der Waals surface area contributed by atoms with Crippen molar-refractivity contribution in [3.05, 3.63) is 100 Å². The molecule has 0 unspecified atom stereocenters. The van der Waals surface area contributed by atoms with E-state index in [1.165, 1.54) is 33.7 Å². The number of benzene rings is 5. The molecule has 0 aliphatic heterocycles. The zero-order valence-corrected chi connectivity index (χ0v) is 15.3. The van der Waals surface area contributed by atoms with Crippen LogP contribution in [0.1, 0.15) is 11.1 Å². The molecule has 0 aliphatic rings. The van der Waals surface area contributed by atoms with E-state index in [1.807, 2.05) is 12.1 Å². The third-order valence-corrected chi connectivity index (χ3v) is 5.37. The minimum absolute atomic E-state index is 0.00812. The largest absolute Gasteiger partial charge is 0.269 e. The maximum Gasteiger partial charge on any atom is 0.269 e. The highest BCUT2D eigenvalue weighted by atomic mass is 16.6. The van der Waals surface area contributed by atoms with Crippen LogP contribution in [0.5, 0.6) is 0 Å². The summed E-state index contributed by atoms with van der Waals surface area (Å²) in [4.78, 5) is 10.4. The zero-order chi connectivity index (χ0) is 20.0. The summed E-state index contributed by atoms with van der Waals surface area (Å²) in [6.45, 7) is 0. The van der Waals surface area contributed by atoms with E-state index < -0.39 is 4.92 Å². The molecule has 4 nitrogen and oxygen atoms in total. The van der Waals surface area contributed by atoms with Gasteiger partial charge in [-0.15, -0.1) is 0 Å². The molecule has 0 saturated carbocycles. The second kappa shape index (κ2) is 6.43. The molecule has 5 rings (SSSR count). The lowest BCUT2D eigenvalue weighted by atomic mass is 9.91. The monoisotopic (exact) mass is 374 g/mol. The average Bonchev–Trinajstić information content (AvgIpc) is 2.76. The van der Waals surface area contributed by atoms with Gasteiger partial charge in [-0.1, -0.05) is 54.6 Å². The second-order valence-electron chi connectivity index (χ2n) is 6.98. The molecule has 5 aromatic rings. The van der Waals surface area contributed by atoms with Gasteiger partial charge in [-0.3, -0.25) is 10.1 Å². The molecule has 0 aromatic heterocycles. The number of nitriles is 1. The van der Waals surface area contributed by atoms with E-state index >= 15 is 0 Å². The van der Waals surface area contributed by atoms with E-state index in [9.17, 15) is 15.4 Å². The first-order valence-corrected chi connectivity index (χ1v) is 9.19. The van der Waals surface area contributed by atoms with E-state index in [4.69, 9.17) is 0 Å². The summed E-state index contributed by atoms with van der Waals surface area (Å²) in [7, 11) is 0. The molecule has 5 aromatic carbocycles. The van der Waals surface area contributed by atoms with Gasteiger partial charge in [0.1, 0.15) is 0 Å². The Hall–Kier alpha value is -4.23. The molecule has 0 N–H and O–H groups in total. The van der Waals surface area contributed by atoms with Crippen molar-refractivity contribution in [1.82, 2.24) is 0 Å². The maximum absolute atomic E-state index is 10.9. The number of hydrogen-bond acceptors (Lipinski definition) is 3. The minimum atomic E-state index is -0.444. The highest BCUT2D eigenvalue weighted by Crippen LogP contribution is 2.37. The first kappa shape index (κ1) is 16.9. The summed E-state index contributed by atoms with van der Waals surface area (Å²) in [6, 6.07) is 27.2. The Morgan fingerprint density at radius 1 is 0.828 bits per heavy atom. The lowest BCUT2D eigenvalue weighted by Crippen LogP contribution is -1.89. The summed E-state index contributed by atoms with van der Waals surface area (Å²) in [5, 5.41) is 27.6. The lowest BCUT2D eigenvalue weighted by Gasteiger charge is -2.12. The van der Waals surface area contributed by atoms with Crippen molar-refractivity contribution < 1.29 is 4.92 Å². The van der Waals surface area contributed by atoms with Gasteiger partial charge in [-0.2, -0.15) is 5.26 Å². The van der Waals surface area contributed by atoms with Gasteiger partial charge in [0.15, 0.2) is 0 Å². The number of non-ortho nitro benzene ring substituents is 1. The fraction of sp³-hybridized carbons (Fsp3) is 0. The van der Waals surface area contributed by atoms with Crippen molar-refractivity contribution in [3.8, 4) is 6.07 Å². The highest BCUT2D eigenvalue weighted by Gasteiger charge is 2.11. The van der Waals surface area contributed by atoms with E-state index in [-0.39, 0.29) is 5.69 Å². The standard InChI is InChI=1S/C25H14N2O2/c26-15-21(16-8-11-22(12-9-16)27(28)29)14-20-7-6-19-5-4-17-2-1-3-18-10-13-23(20)25(19)24(17)18/h1-14H/b21-14+. The van der Waals surface area contributed by atoms with Crippen LogP contribution >= 0.6 is 0 Å². The van der Waals surface area contributed by atoms with Crippen LogP contribution in [-0.4, -0.2) is 4.92 Å². The topological polar surface area (TPSA) is 66.9 Å². The quantitative estimate of drug-likeness (QED) is 0.118. The molecule has 0 saturated heterocycles. The van der Waals surface area contributed by atoms with Gasteiger partial charge in [0.05, 0.1) is 16.6 Å². The first-order chi connectivity index (χ1) is 14.2. The average molecular weight is 374 g/mol. The number of hydrogen-bond donors (Lipinski definition) is 0. The van der Waals surface area contributed by atoms with Crippen LogP contribution in [0.2, 0.25) is 0 Å². The molecule has 0 radical (unpaired) electrons. The zero-order valence-electron chi connectivity index (χ0n) is 15.3. The van der Waals surface area contributed by atoms with Gasteiger partial charge in [0, 0.05) is 12.1 Å². The molecular formula is C25H14N2O2. The SMILES string of the molecule is N#C/C(=C\c1ccc2ccc3cccc4ccc1c2c34)c1ccc([N+](=O)[O-])cc1. The summed E-state index contributed by atoms with van der Waals surface area (Å²) >= 11 is 0. The van der Waals surface area contributed by atoms with Gasteiger partial charge in [0.25, 0.3) is 5.69 Å². The van der Waals surface area contributed by atoms with Crippen LogP contribution in [-0.2, 0) is 0 Å². The normalized spacial score (nSPS) is 11.9.